The minimum absolute atomic E-state index is 0.0917. The van der Waals surface area contributed by atoms with Gasteiger partial charge in [0, 0.05) is 11.0 Å². The molecule has 2 aromatic carbocycles. The lowest BCUT2D eigenvalue weighted by Crippen LogP contribution is -2.44. The third-order valence-corrected chi connectivity index (χ3v) is 11.8. The van der Waals surface area contributed by atoms with Crippen LogP contribution < -0.4 is 0 Å². The molecule has 0 saturated heterocycles. The van der Waals surface area contributed by atoms with Crippen molar-refractivity contribution in [2.45, 2.75) is 102 Å². The Morgan fingerprint density at radius 3 is 2.05 bits per heavy atom. The molecular weight excluding hydrogens is 482 g/mol. The molecule has 204 valence electrons. The van der Waals surface area contributed by atoms with Crippen LogP contribution in [0.4, 0.5) is 0 Å². The van der Waals surface area contributed by atoms with Gasteiger partial charge in [0.2, 0.25) is 0 Å². The van der Waals surface area contributed by atoms with Crippen molar-refractivity contribution >= 4 is 8.32 Å². The van der Waals surface area contributed by atoms with Crippen molar-refractivity contribution < 1.29 is 19.4 Å². The predicted molar refractivity (Wildman–Crippen MR) is 152 cm³/mol. The number of azide groups is 1. The smallest absolute Gasteiger partial charge is 0.192 e. The SMILES string of the molecule is CC(C)(C)[Si](C)(C)O[C@H](CCC[C@@H](C[C@@H](N=[N+]=[N-])[C@H](O)CO)OCc1ccccc1)Cc1ccccc1. The van der Waals surface area contributed by atoms with Gasteiger partial charge >= 0.3 is 0 Å². The number of benzene rings is 2. The second-order valence-electron chi connectivity index (χ2n) is 11.3. The fourth-order valence-corrected chi connectivity index (χ4v) is 5.43. The highest BCUT2D eigenvalue weighted by Crippen LogP contribution is 2.38. The van der Waals surface area contributed by atoms with Gasteiger partial charge in [-0.15, -0.1) is 0 Å². The molecule has 0 spiro atoms. The summed E-state index contributed by atoms with van der Waals surface area (Å²) >= 11 is 0. The van der Waals surface area contributed by atoms with Crippen LogP contribution in [0.1, 0.15) is 57.6 Å². The molecule has 0 bridgehead atoms. The summed E-state index contributed by atoms with van der Waals surface area (Å²) < 4.78 is 13.1. The maximum Gasteiger partial charge on any atom is 0.192 e. The zero-order valence-electron chi connectivity index (χ0n) is 23.1. The van der Waals surface area contributed by atoms with Gasteiger partial charge in [0.05, 0.1) is 31.5 Å². The van der Waals surface area contributed by atoms with Gasteiger partial charge in [0.1, 0.15) is 0 Å². The molecule has 0 saturated carbocycles. The van der Waals surface area contributed by atoms with Crippen LogP contribution in [0.15, 0.2) is 65.8 Å². The Kier molecular flexibility index (Phi) is 12.8. The number of aliphatic hydroxyl groups is 2. The summed E-state index contributed by atoms with van der Waals surface area (Å²) in [5, 5.41) is 23.5. The van der Waals surface area contributed by atoms with Crippen LogP contribution in [0.25, 0.3) is 10.4 Å². The number of hydrogen-bond donors (Lipinski definition) is 2. The maximum atomic E-state index is 10.2. The highest BCUT2D eigenvalue weighted by Gasteiger charge is 2.39. The van der Waals surface area contributed by atoms with Crippen molar-refractivity contribution in [2.75, 3.05) is 6.61 Å². The predicted octanol–water partition coefficient (Wildman–Crippen LogP) is 6.80. The van der Waals surface area contributed by atoms with Crippen LogP contribution >= 0.6 is 0 Å². The molecule has 37 heavy (non-hydrogen) atoms. The van der Waals surface area contributed by atoms with E-state index < -0.39 is 27.1 Å². The molecular formula is C29H45N3O4Si. The number of nitrogens with zero attached hydrogens (tertiary/aromatic N) is 3. The quantitative estimate of drug-likeness (QED) is 0.108. The molecule has 2 N–H and O–H groups in total. The second-order valence-corrected chi connectivity index (χ2v) is 16.1. The van der Waals surface area contributed by atoms with Crippen molar-refractivity contribution in [1.29, 1.82) is 0 Å². The lowest BCUT2D eigenvalue weighted by molar-refractivity contribution is 0.00119. The summed E-state index contributed by atoms with van der Waals surface area (Å²) in [6.07, 6.45) is 2.40. The molecule has 0 amide bonds. The van der Waals surface area contributed by atoms with Gasteiger partial charge in [-0.2, -0.15) is 0 Å². The molecule has 2 rings (SSSR count). The van der Waals surface area contributed by atoms with Crippen molar-refractivity contribution in [3.05, 3.63) is 82.2 Å². The first-order valence-corrected chi connectivity index (χ1v) is 16.2. The van der Waals surface area contributed by atoms with E-state index in [4.69, 9.17) is 14.7 Å². The van der Waals surface area contributed by atoms with Gasteiger partial charge in [-0.05, 0) is 66.9 Å². The summed E-state index contributed by atoms with van der Waals surface area (Å²) in [5.41, 5.74) is 11.3. The van der Waals surface area contributed by atoms with E-state index >= 15 is 0 Å². The highest BCUT2D eigenvalue weighted by atomic mass is 28.4. The van der Waals surface area contributed by atoms with Crippen LogP contribution in [0.2, 0.25) is 18.1 Å². The Hall–Kier alpha value is -2.19. The number of hydrogen-bond acceptors (Lipinski definition) is 5. The standard InChI is InChI=1S/C29H45N3O4Si/c1-29(2,3)37(4,5)36-26(19-23-13-8-6-9-14-23)18-12-17-25(20-27(31-32-30)28(34)21-33)35-22-24-15-10-7-11-16-24/h6-11,13-16,25-28,33-34H,12,17-22H2,1-5H3/t25-,26+,27+,28+/m0/s1. The van der Waals surface area contributed by atoms with Crippen molar-refractivity contribution in [3.63, 3.8) is 0 Å². The molecule has 8 heteroatoms. The Balaban J connectivity index is 2.11. The molecule has 0 aliphatic carbocycles. The lowest BCUT2D eigenvalue weighted by atomic mass is 9.98. The Morgan fingerprint density at radius 2 is 1.51 bits per heavy atom. The Morgan fingerprint density at radius 1 is 0.946 bits per heavy atom. The fourth-order valence-electron chi connectivity index (χ4n) is 4.04. The maximum absolute atomic E-state index is 10.2. The normalized spacial score (nSPS) is 15.4. The molecule has 4 atom stereocenters. The molecule has 2 aromatic rings. The molecule has 0 heterocycles. The lowest BCUT2D eigenvalue weighted by Gasteiger charge is -2.39. The number of ether oxygens (including phenoxy) is 1. The van der Waals surface area contributed by atoms with Crippen LogP contribution in [0.3, 0.4) is 0 Å². The van der Waals surface area contributed by atoms with Gasteiger partial charge in [-0.3, -0.25) is 0 Å². The zero-order chi connectivity index (χ0) is 27.3. The van der Waals surface area contributed by atoms with Crippen molar-refractivity contribution in [3.8, 4) is 0 Å². The van der Waals surface area contributed by atoms with E-state index in [0.29, 0.717) is 13.0 Å². The van der Waals surface area contributed by atoms with E-state index in [9.17, 15) is 10.2 Å². The van der Waals surface area contributed by atoms with Gasteiger partial charge in [-0.25, -0.2) is 0 Å². The van der Waals surface area contributed by atoms with Crippen LogP contribution in [0.5, 0.6) is 0 Å². The first kappa shape index (κ1) is 31.0. The number of rotatable bonds is 16. The summed E-state index contributed by atoms with van der Waals surface area (Å²) in [5.74, 6) is 0. The topological polar surface area (TPSA) is 108 Å². The average molecular weight is 528 g/mol. The minimum atomic E-state index is -1.96. The molecule has 0 aliphatic heterocycles. The van der Waals surface area contributed by atoms with E-state index in [1.807, 2.05) is 36.4 Å². The van der Waals surface area contributed by atoms with Gasteiger partial charge in [0.25, 0.3) is 0 Å². The molecule has 7 nitrogen and oxygen atoms in total. The first-order valence-electron chi connectivity index (χ1n) is 13.3. The molecule has 0 fully saturated rings. The third kappa shape index (κ3) is 11.0. The molecule has 0 aliphatic rings. The van der Waals surface area contributed by atoms with Crippen molar-refractivity contribution in [1.82, 2.24) is 0 Å². The van der Waals surface area contributed by atoms with E-state index in [-0.39, 0.29) is 17.2 Å². The summed E-state index contributed by atoms with van der Waals surface area (Å²) in [6.45, 7) is 11.3. The Bertz CT molecular complexity index is 947. The van der Waals surface area contributed by atoms with E-state index in [0.717, 1.165) is 31.2 Å². The van der Waals surface area contributed by atoms with Crippen molar-refractivity contribution in [2.24, 2.45) is 5.11 Å². The van der Waals surface area contributed by atoms with Crippen LogP contribution in [0, 0.1) is 0 Å². The monoisotopic (exact) mass is 527 g/mol. The second kappa shape index (κ2) is 15.3. The summed E-state index contributed by atoms with van der Waals surface area (Å²) in [7, 11) is -1.96. The van der Waals surface area contributed by atoms with Crippen LogP contribution in [-0.2, 0) is 22.2 Å². The fraction of sp³-hybridized carbons (Fsp3) is 0.586. The summed E-state index contributed by atoms with van der Waals surface area (Å²) in [6, 6.07) is 19.6. The average Bonchev–Trinajstić information content (AvgIpc) is 2.86. The summed E-state index contributed by atoms with van der Waals surface area (Å²) in [4.78, 5) is 2.88. The van der Waals surface area contributed by atoms with Gasteiger partial charge < -0.3 is 19.4 Å². The minimum Gasteiger partial charge on any atom is -0.414 e. The van der Waals surface area contributed by atoms with E-state index in [1.165, 1.54) is 5.56 Å². The largest absolute Gasteiger partial charge is 0.414 e. The third-order valence-electron chi connectivity index (χ3n) is 7.29. The molecule has 0 unspecified atom stereocenters. The number of aliphatic hydroxyl groups excluding tert-OH is 2. The Labute approximate surface area is 223 Å². The molecule has 0 radical (unpaired) electrons. The van der Waals surface area contributed by atoms with E-state index in [1.54, 1.807) is 0 Å². The van der Waals surface area contributed by atoms with Gasteiger partial charge in [-0.1, -0.05) is 86.5 Å². The first-order chi connectivity index (χ1) is 17.6. The highest BCUT2D eigenvalue weighted by molar-refractivity contribution is 6.74. The van der Waals surface area contributed by atoms with E-state index in [2.05, 4.69) is 68.2 Å². The molecule has 0 aromatic heterocycles. The van der Waals surface area contributed by atoms with Gasteiger partial charge in [0.15, 0.2) is 8.32 Å². The zero-order valence-corrected chi connectivity index (χ0v) is 24.1. The van der Waals surface area contributed by atoms with Crippen LogP contribution in [-0.4, -0.2) is 49.5 Å².